The van der Waals surface area contributed by atoms with E-state index >= 15 is 0 Å². The van der Waals surface area contributed by atoms with Gasteiger partial charge in [0.25, 0.3) is 0 Å². The van der Waals surface area contributed by atoms with Crippen molar-refractivity contribution in [3.63, 3.8) is 0 Å². The van der Waals surface area contributed by atoms with Crippen LogP contribution in [0.4, 0.5) is 0 Å². The Morgan fingerprint density at radius 1 is 1.33 bits per heavy atom. The molecule has 0 bridgehead atoms. The average molecular weight is 214 g/mol. The maximum atomic E-state index is 5.90. The lowest BCUT2D eigenvalue weighted by atomic mass is 10.0. The van der Waals surface area contributed by atoms with Crippen molar-refractivity contribution in [1.82, 2.24) is 4.90 Å². The summed E-state index contributed by atoms with van der Waals surface area (Å²) in [6.07, 6.45) is 0. The number of ether oxygens (including phenoxy) is 1. The van der Waals surface area contributed by atoms with Gasteiger partial charge in [-0.3, -0.25) is 4.90 Å². The fourth-order valence-corrected chi connectivity index (χ4v) is 2.17. The molecule has 1 aliphatic heterocycles. The maximum Gasteiger partial charge on any atom is 0.0659 e. The predicted octanol–water partition coefficient (Wildman–Crippen LogP) is 1.33. The Hall–Kier alpha value is -0.120. The van der Waals surface area contributed by atoms with Gasteiger partial charge >= 0.3 is 0 Å². The van der Waals surface area contributed by atoms with E-state index in [1.54, 1.807) is 0 Å². The van der Waals surface area contributed by atoms with Crippen molar-refractivity contribution in [1.29, 1.82) is 0 Å². The van der Waals surface area contributed by atoms with Crippen LogP contribution in [0.3, 0.4) is 0 Å². The Kier molecular flexibility index (Phi) is 4.56. The summed E-state index contributed by atoms with van der Waals surface area (Å²) >= 11 is 0. The summed E-state index contributed by atoms with van der Waals surface area (Å²) in [6, 6.07) is 0. The molecule has 1 rings (SSSR count). The zero-order chi connectivity index (χ0) is 11.5. The van der Waals surface area contributed by atoms with Crippen molar-refractivity contribution in [2.24, 2.45) is 17.6 Å². The quantitative estimate of drug-likeness (QED) is 0.750. The molecule has 3 atom stereocenters. The zero-order valence-electron chi connectivity index (χ0n) is 10.6. The normalized spacial score (nSPS) is 31.8. The van der Waals surface area contributed by atoms with Crippen LogP contribution >= 0.6 is 0 Å². The first-order valence-corrected chi connectivity index (χ1v) is 6.06. The van der Waals surface area contributed by atoms with E-state index in [1.807, 2.05) is 6.92 Å². The Bertz CT molecular complexity index is 188. The second kappa shape index (κ2) is 5.28. The number of rotatable bonds is 5. The van der Waals surface area contributed by atoms with E-state index in [0.717, 1.165) is 38.1 Å². The van der Waals surface area contributed by atoms with E-state index in [1.165, 1.54) is 0 Å². The summed E-state index contributed by atoms with van der Waals surface area (Å²) in [5.74, 6) is 1.55. The average Bonchev–Trinajstić information content (AvgIpc) is 2.56. The molecule has 3 heteroatoms. The maximum absolute atomic E-state index is 5.90. The van der Waals surface area contributed by atoms with E-state index in [9.17, 15) is 0 Å². The first-order valence-electron chi connectivity index (χ1n) is 6.06. The Morgan fingerprint density at radius 2 is 1.87 bits per heavy atom. The highest BCUT2D eigenvalue weighted by Gasteiger charge is 2.37. The van der Waals surface area contributed by atoms with Gasteiger partial charge in [-0.1, -0.05) is 13.8 Å². The van der Waals surface area contributed by atoms with Crippen molar-refractivity contribution in [2.45, 2.75) is 33.2 Å². The lowest BCUT2D eigenvalue weighted by Crippen LogP contribution is -2.54. The zero-order valence-corrected chi connectivity index (χ0v) is 10.6. The van der Waals surface area contributed by atoms with E-state index in [-0.39, 0.29) is 5.54 Å². The monoisotopic (exact) mass is 214 g/mol. The van der Waals surface area contributed by atoms with Gasteiger partial charge in [-0.15, -0.1) is 0 Å². The highest BCUT2D eigenvalue weighted by atomic mass is 16.5. The van der Waals surface area contributed by atoms with Gasteiger partial charge in [-0.05, 0) is 25.7 Å². The lowest BCUT2D eigenvalue weighted by molar-refractivity contribution is 0.0202. The third-order valence-corrected chi connectivity index (χ3v) is 3.81. The van der Waals surface area contributed by atoms with Crippen molar-refractivity contribution >= 4 is 0 Å². The molecule has 0 aromatic heterocycles. The SMILES string of the molecule is CCOCC(C)(CN)N1CC(C)C(C)C1. The molecular weight excluding hydrogens is 188 g/mol. The highest BCUT2D eigenvalue weighted by Crippen LogP contribution is 2.28. The van der Waals surface area contributed by atoms with Gasteiger partial charge in [-0.25, -0.2) is 0 Å². The van der Waals surface area contributed by atoms with E-state index in [4.69, 9.17) is 10.5 Å². The van der Waals surface area contributed by atoms with Crippen LogP contribution in [-0.2, 0) is 4.74 Å². The fourth-order valence-electron chi connectivity index (χ4n) is 2.17. The minimum Gasteiger partial charge on any atom is -0.380 e. The van der Waals surface area contributed by atoms with E-state index < -0.39 is 0 Å². The molecule has 90 valence electrons. The van der Waals surface area contributed by atoms with Crippen LogP contribution in [0.15, 0.2) is 0 Å². The van der Waals surface area contributed by atoms with Gasteiger partial charge in [0.05, 0.1) is 12.1 Å². The summed E-state index contributed by atoms with van der Waals surface area (Å²) in [7, 11) is 0. The van der Waals surface area contributed by atoms with Crippen LogP contribution in [0.1, 0.15) is 27.7 Å². The Labute approximate surface area is 94.0 Å². The molecule has 3 unspecified atom stereocenters. The summed E-state index contributed by atoms with van der Waals surface area (Å²) in [4.78, 5) is 2.50. The molecule has 1 aliphatic rings. The molecule has 0 aromatic rings. The van der Waals surface area contributed by atoms with Crippen LogP contribution in [0.25, 0.3) is 0 Å². The molecule has 1 saturated heterocycles. The van der Waals surface area contributed by atoms with Gasteiger partial charge in [-0.2, -0.15) is 0 Å². The third-order valence-electron chi connectivity index (χ3n) is 3.81. The van der Waals surface area contributed by atoms with Crippen LogP contribution in [0, 0.1) is 11.8 Å². The number of hydrogen-bond acceptors (Lipinski definition) is 3. The van der Waals surface area contributed by atoms with Gasteiger partial charge in [0, 0.05) is 26.2 Å². The van der Waals surface area contributed by atoms with E-state index in [0.29, 0.717) is 6.54 Å². The molecule has 1 fully saturated rings. The molecule has 2 N–H and O–H groups in total. The molecule has 0 aromatic carbocycles. The molecule has 0 amide bonds. The summed E-state index contributed by atoms with van der Waals surface area (Å²) < 4.78 is 5.55. The van der Waals surface area contributed by atoms with Crippen molar-refractivity contribution in [2.75, 3.05) is 32.8 Å². The first kappa shape index (κ1) is 12.9. The molecule has 0 spiro atoms. The smallest absolute Gasteiger partial charge is 0.0659 e. The number of nitrogens with two attached hydrogens (primary N) is 1. The molecule has 0 saturated carbocycles. The highest BCUT2D eigenvalue weighted by molar-refractivity contribution is 4.93. The van der Waals surface area contributed by atoms with Gasteiger partial charge in [0.15, 0.2) is 0 Å². The Morgan fingerprint density at radius 3 is 2.27 bits per heavy atom. The molecular formula is C12H26N2O. The molecule has 15 heavy (non-hydrogen) atoms. The van der Waals surface area contributed by atoms with E-state index in [2.05, 4.69) is 25.7 Å². The summed E-state index contributed by atoms with van der Waals surface area (Å²) in [5.41, 5.74) is 5.92. The third kappa shape index (κ3) is 2.92. The topological polar surface area (TPSA) is 38.5 Å². The van der Waals surface area contributed by atoms with Gasteiger partial charge in [0.1, 0.15) is 0 Å². The second-order valence-corrected chi connectivity index (χ2v) is 5.20. The minimum absolute atomic E-state index is 0.0228. The molecule has 1 heterocycles. The van der Waals surface area contributed by atoms with Gasteiger partial charge < -0.3 is 10.5 Å². The van der Waals surface area contributed by atoms with Crippen LogP contribution in [0.5, 0.6) is 0 Å². The number of nitrogens with zero attached hydrogens (tertiary/aromatic N) is 1. The van der Waals surface area contributed by atoms with Crippen LogP contribution in [-0.4, -0.2) is 43.3 Å². The minimum atomic E-state index is 0.0228. The molecule has 3 nitrogen and oxygen atoms in total. The standard InChI is InChI=1S/C12H26N2O/c1-5-15-9-12(4,8-13)14-6-10(2)11(3)7-14/h10-11H,5-9,13H2,1-4H3. The lowest BCUT2D eigenvalue weighted by Gasteiger charge is -2.37. The van der Waals surface area contributed by atoms with Crippen molar-refractivity contribution in [3.05, 3.63) is 0 Å². The van der Waals surface area contributed by atoms with Crippen molar-refractivity contribution < 1.29 is 4.74 Å². The number of hydrogen-bond donors (Lipinski definition) is 1. The summed E-state index contributed by atoms with van der Waals surface area (Å²) in [6.45, 7) is 13.4. The second-order valence-electron chi connectivity index (χ2n) is 5.20. The summed E-state index contributed by atoms with van der Waals surface area (Å²) in [5, 5.41) is 0. The molecule has 0 aliphatic carbocycles. The Balaban J connectivity index is 2.58. The van der Waals surface area contributed by atoms with Gasteiger partial charge in [0.2, 0.25) is 0 Å². The molecule has 0 radical (unpaired) electrons. The largest absolute Gasteiger partial charge is 0.380 e. The fraction of sp³-hybridized carbons (Fsp3) is 1.00. The predicted molar refractivity (Wildman–Crippen MR) is 63.9 cm³/mol. The van der Waals surface area contributed by atoms with Crippen LogP contribution < -0.4 is 5.73 Å². The first-order chi connectivity index (χ1) is 7.03. The number of likely N-dealkylation sites (tertiary alicyclic amines) is 1. The van der Waals surface area contributed by atoms with Crippen LogP contribution in [0.2, 0.25) is 0 Å². The van der Waals surface area contributed by atoms with Crippen molar-refractivity contribution in [3.8, 4) is 0 Å².